The van der Waals surface area contributed by atoms with Gasteiger partial charge in [-0.05, 0) is 5.92 Å². The average Bonchev–Trinajstić information content (AvgIpc) is 2.38. The van der Waals surface area contributed by atoms with Crippen LogP contribution in [0, 0.1) is 18.3 Å². The maximum atomic E-state index is 4.29. The molecule has 0 spiro atoms. The second-order valence-corrected chi connectivity index (χ2v) is 3.50. The van der Waals surface area contributed by atoms with Crippen LogP contribution in [0.1, 0.15) is 34.1 Å². The summed E-state index contributed by atoms with van der Waals surface area (Å²) >= 11 is 0. The van der Waals surface area contributed by atoms with Gasteiger partial charge in [-0.1, -0.05) is 26.2 Å². The molecule has 0 amide bonds. The third kappa shape index (κ3) is 7.70. The van der Waals surface area contributed by atoms with Gasteiger partial charge in [0, 0.05) is 32.7 Å². The molecule has 0 saturated carbocycles. The van der Waals surface area contributed by atoms with Crippen LogP contribution in [0.25, 0.3) is 5.32 Å². The third-order valence-corrected chi connectivity index (χ3v) is 1.96. The van der Waals surface area contributed by atoms with E-state index < -0.39 is 0 Å². The van der Waals surface area contributed by atoms with Crippen molar-refractivity contribution in [3.63, 3.8) is 0 Å². The average molecular weight is 244 g/mol. The van der Waals surface area contributed by atoms with Gasteiger partial charge in [0.15, 0.2) is 0 Å². The predicted octanol–water partition coefficient (Wildman–Crippen LogP) is 3.26. The van der Waals surface area contributed by atoms with Crippen molar-refractivity contribution < 1.29 is 32.7 Å². The summed E-state index contributed by atoms with van der Waals surface area (Å²) in [6.45, 7) is 10.8. The zero-order chi connectivity index (χ0) is 8.69. The maximum Gasteiger partial charge on any atom is 0 e. The van der Waals surface area contributed by atoms with Crippen molar-refractivity contribution in [1.82, 2.24) is 0 Å². The summed E-state index contributed by atoms with van der Waals surface area (Å²) in [4.78, 5) is 0. The first-order valence-electron chi connectivity index (χ1n) is 4.59. The van der Waals surface area contributed by atoms with Gasteiger partial charge in [-0.2, -0.15) is 13.8 Å². The SMILES string of the molecule is CC(C)[C@@H]1CC[N-]C1.C[CH-]C.[Y]. The number of hydrogen-bond donors (Lipinski definition) is 0. The largest absolute Gasteiger partial charge is 0.662 e. The minimum atomic E-state index is 0. The Balaban J connectivity index is 0. The van der Waals surface area contributed by atoms with E-state index in [1.165, 1.54) is 6.42 Å². The Morgan fingerprint density at radius 3 is 2.00 bits per heavy atom. The van der Waals surface area contributed by atoms with Gasteiger partial charge in [0.1, 0.15) is 0 Å². The van der Waals surface area contributed by atoms with Crippen molar-refractivity contribution in [2.45, 2.75) is 34.1 Å². The van der Waals surface area contributed by atoms with Crippen LogP contribution in [0.15, 0.2) is 0 Å². The molecular formula is C10H21NY-2. The molecule has 1 saturated heterocycles. The summed E-state index contributed by atoms with van der Waals surface area (Å²) in [5.41, 5.74) is 0. The van der Waals surface area contributed by atoms with Crippen molar-refractivity contribution in [1.29, 1.82) is 0 Å². The summed E-state index contributed by atoms with van der Waals surface area (Å²) in [5.74, 6) is 1.75. The quantitative estimate of drug-likeness (QED) is 0.628. The van der Waals surface area contributed by atoms with Crippen LogP contribution >= 0.6 is 0 Å². The van der Waals surface area contributed by atoms with Gasteiger partial charge in [0.05, 0.1) is 0 Å². The number of nitrogens with zero attached hydrogens (tertiary/aromatic N) is 1. The smallest absolute Gasteiger partial charge is 0 e. The molecule has 0 aromatic rings. The van der Waals surface area contributed by atoms with Crippen LogP contribution in [-0.2, 0) is 32.7 Å². The molecule has 1 fully saturated rings. The zero-order valence-corrected chi connectivity index (χ0v) is 11.7. The van der Waals surface area contributed by atoms with E-state index in [1.54, 1.807) is 0 Å². The molecule has 0 bridgehead atoms. The van der Waals surface area contributed by atoms with E-state index in [0.717, 1.165) is 24.9 Å². The molecule has 1 nitrogen and oxygen atoms in total. The van der Waals surface area contributed by atoms with Crippen LogP contribution in [0.3, 0.4) is 0 Å². The molecule has 71 valence electrons. The van der Waals surface area contributed by atoms with E-state index in [2.05, 4.69) is 19.2 Å². The van der Waals surface area contributed by atoms with Crippen molar-refractivity contribution in [3.05, 3.63) is 11.7 Å². The van der Waals surface area contributed by atoms with Gasteiger partial charge in [0.25, 0.3) is 0 Å². The van der Waals surface area contributed by atoms with E-state index in [-0.39, 0.29) is 32.7 Å². The van der Waals surface area contributed by atoms with Crippen molar-refractivity contribution in [2.75, 3.05) is 13.1 Å². The maximum absolute atomic E-state index is 4.29. The minimum Gasteiger partial charge on any atom is -0.662 e. The van der Waals surface area contributed by atoms with Crippen molar-refractivity contribution >= 4 is 0 Å². The monoisotopic (exact) mass is 244 g/mol. The number of rotatable bonds is 1. The van der Waals surface area contributed by atoms with Crippen LogP contribution in [-0.4, -0.2) is 13.1 Å². The van der Waals surface area contributed by atoms with Crippen LogP contribution < -0.4 is 0 Å². The van der Waals surface area contributed by atoms with Gasteiger partial charge < -0.3 is 11.7 Å². The Morgan fingerprint density at radius 1 is 1.33 bits per heavy atom. The molecule has 0 aliphatic carbocycles. The third-order valence-electron chi connectivity index (χ3n) is 1.96. The second-order valence-electron chi connectivity index (χ2n) is 3.50. The van der Waals surface area contributed by atoms with E-state index in [9.17, 15) is 0 Å². The summed E-state index contributed by atoms with van der Waals surface area (Å²) in [6, 6.07) is 0. The normalized spacial score (nSPS) is 21.2. The Kier molecular flexibility index (Phi) is 13.1. The summed E-state index contributed by atoms with van der Waals surface area (Å²) in [5, 5.41) is 4.29. The minimum absolute atomic E-state index is 0. The van der Waals surface area contributed by atoms with E-state index in [4.69, 9.17) is 0 Å². The molecule has 1 rings (SSSR count). The first-order valence-corrected chi connectivity index (χ1v) is 4.59. The molecule has 2 heteroatoms. The first kappa shape index (κ1) is 15.5. The molecule has 1 aliphatic heterocycles. The molecule has 1 atom stereocenters. The Labute approximate surface area is 103 Å². The summed E-state index contributed by atoms with van der Waals surface area (Å²) in [7, 11) is 0. The molecule has 0 aromatic heterocycles. The molecule has 12 heavy (non-hydrogen) atoms. The Bertz CT molecular complexity index is 77.9. The van der Waals surface area contributed by atoms with Crippen LogP contribution in [0.2, 0.25) is 0 Å². The predicted molar refractivity (Wildman–Crippen MR) is 51.7 cm³/mol. The van der Waals surface area contributed by atoms with E-state index in [0.29, 0.717) is 0 Å². The van der Waals surface area contributed by atoms with Gasteiger partial charge >= 0.3 is 0 Å². The summed E-state index contributed by atoms with van der Waals surface area (Å²) in [6.07, 6.45) is 3.33. The van der Waals surface area contributed by atoms with Gasteiger partial charge in [-0.3, -0.25) is 0 Å². The zero-order valence-electron chi connectivity index (χ0n) is 8.88. The second kappa shape index (κ2) is 10.1. The van der Waals surface area contributed by atoms with Crippen LogP contribution in [0.4, 0.5) is 0 Å². The Morgan fingerprint density at radius 2 is 1.83 bits per heavy atom. The fourth-order valence-electron chi connectivity index (χ4n) is 1.15. The topological polar surface area (TPSA) is 14.1 Å². The summed E-state index contributed by atoms with van der Waals surface area (Å²) < 4.78 is 0. The van der Waals surface area contributed by atoms with Crippen molar-refractivity contribution in [3.8, 4) is 0 Å². The van der Waals surface area contributed by atoms with Gasteiger partial charge in [-0.15, -0.1) is 13.1 Å². The Hall–Kier alpha value is 1.06. The van der Waals surface area contributed by atoms with Gasteiger partial charge in [-0.25, -0.2) is 0 Å². The van der Waals surface area contributed by atoms with Gasteiger partial charge in [0.2, 0.25) is 0 Å². The fourth-order valence-corrected chi connectivity index (χ4v) is 1.15. The molecule has 1 aliphatic rings. The fraction of sp³-hybridized carbons (Fsp3) is 0.900. The van der Waals surface area contributed by atoms with E-state index in [1.807, 2.05) is 20.3 Å². The molecule has 0 N–H and O–H groups in total. The molecule has 0 aromatic carbocycles. The number of hydrogen-bond acceptors (Lipinski definition) is 0. The molecular weight excluding hydrogens is 223 g/mol. The van der Waals surface area contributed by atoms with Crippen molar-refractivity contribution in [2.24, 2.45) is 11.8 Å². The first-order chi connectivity index (χ1) is 5.22. The standard InChI is InChI=1S/C7H14N.C3H7.Y/c1-6(2)7-3-4-8-5-7;1-3-2;/h6-7H,3-5H2,1-2H3;3H,1-2H3;/q2*-1;/t7-;;/m1../s1. The molecule has 1 heterocycles. The molecule has 0 unspecified atom stereocenters. The van der Waals surface area contributed by atoms with Crippen LogP contribution in [0.5, 0.6) is 0 Å². The molecule has 1 radical (unpaired) electrons. The van der Waals surface area contributed by atoms with E-state index >= 15 is 0 Å².